The van der Waals surface area contributed by atoms with Crippen molar-refractivity contribution >= 4 is 60.7 Å². The topological polar surface area (TPSA) is 72.5 Å². The lowest BCUT2D eigenvalue weighted by Crippen LogP contribution is -2.03. The first-order valence-electron chi connectivity index (χ1n) is 24.6. The molecule has 13 aromatic rings. The van der Waals surface area contributed by atoms with Gasteiger partial charge in [0, 0.05) is 54.9 Å². The summed E-state index contributed by atoms with van der Waals surface area (Å²) in [6.07, 6.45) is 0. The molecule has 0 unspecified atom stereocenters. The molecule has 0 aliphatic heterocycles. The molecule has 350 valence electrons. The number of hydrogen-bond donors (Lipinski definition) is 0. The minimum absolute atomic E-state index is 0.381. The third kappa shape index (κ3) is 7.68. The van der Waals surface area contributed by atoms with E-state index in [-0.39, 0.29) is 0 Å². The molecule has 10 aromatic carbocycles. The third-order valence-corrected chi connectivity index (χ3v) is 14.1. The molecular weight excluding hydrogens is 929 g/mol. The fourth-order valence-corrected chi connectivity index (χ4v) is 10.7. The molecule has 0 fully saturated rings. The summed E-state index contributed by atoms with van der Waals surface area (Å²) in [5, 5.41) is 14.2. The van der Waals surface area contributed by atoms with Crippen molar-refractivity contribution in [2.45, 2.75) is 0 Å². The van der Waals surface area contributed by atoms with Crippen molar-refractivity contribution in [3.05, 3.63) is 270 Å². The second-order valence-electron chi connectivity index (χ2n) is 18.6. The van der Waals surface area contributed by atoms with Gasteiger partial charge in [0.25, 0.3) is 0 Å². The molecule has 8 nitrogen and oxygen atoms in total. The van der Waals surface area contributed by atoms with Crippen LogP contribution >= 0.6 is 0 Å². The van der Waals surface area contributed by atoms with Gasteiger partial charge in [-0.25, -0.2) is 24.5 Å². The van der Waals surface area contributed by atoms with E-state index in [4.69, 9.17) is 29.7 Å². The molecule has 0 bridgehead atoms. The average Bonchev–Trinajstić information content (AvgIpc) is 4.06. The van der Waals surface area contributed by atoms with Gasteiger partial charge in [-0.2, -0.15) is 5.26 Å². The minimum atomic E-state index is 0.381. The van der Waals surface area contributed by atoms with Crippen LogP contribution in [0.4, 0.5) is 17.1 Å². The van der Waals surface area contributed by atoms with Gasteiger partial charge in [-0.05, 0) is 95.1 Å². The van der Waals surface area contributed by atoms with Gasteiger partial charge >= 0.3 is 0 Å². The van der Waals surface area contributed by atoms with E-state index in [9.17, 15) is 5.26 Å². The van der Waals surface area contributed by atoms with Crippen LogP contribution in [0.5, 0.6) is 0 Å². The Bertz CT molecular complexity index is 4380. The van der Waals surface area contributed by atoms with Crippen LogP contribution in [0.3, 0.4) is 0 Å². The molecule has 0 saturated heterocycles. The fraction of sp³-hybridized carbons (Fsp3) is 0. The van der Waals surface area contributed by atoms with E-state index in [2.05, 4.69) is 187 Å². The van der Waals surface area contributed by atoms with Gasteiger partial charge in [0.15, 0.2) is 22.9 Å². The summed E-state index contributed by atoms with van der Waals surface area (Å²) in [6.45, 7) is 23.6. The highest BCUT2D eigenvalue weighted by Crippen LogP contribution is 2.44. The van der Waals surface area contributed by atoms with Gasteiger partial charge in [-0.1, -0.05) is 158 Å². The summed E-state index contributed by atoms with van der Waals surface area (Å²) in [4.78, 5) is 21.8. The maximum absolute atomic E-state index is 10.0. The maximum Gasteiger partial charge on any atom is 0.189 e. The lowest BCUT2D eigenvalue weighted by molar-refractivity contribution is 1.15. The van der Waals surface area contributed by atoms with Gasteiger partial charge in [0.05, 0.1) is 70.6 Å². The van der Waals surface area contributed by atoms with E-state index in [1.54, 1.807) is 12.1 Å². The van der Waals surface area contributed by atoms with E-state index in [0.29, 0.717) is 28.5 Å². The fourth-order valence-electron chi connectivity index (χ4n) is 10.7. The van der Waals surface area contributed by atoms with Crippen LogP contribution in [0.2, 0.25) is 0 Å². The first-order valence-corrected chi connectivity index (χ1v) is 24.6. The Morgan fingerprint density at radius 1 is 0.342 bits per heavy atom. The molecule has 13 rings (SSSR count). The molecule has 76 heavy (non-hydrogen) atoms. The molecule has 0 radical (unpaired) electrons. The van der Waals surface area contributed by atoms with Crippen LogP contribution in [-0.2, 0) is 0 Å². The highest BCUT2D eigenvalue weighted by Gasteiger charge is 2.23. The summed E-state index contributed by atoms with van der Waals surface area (Å²) in [5.41, 5.74) is 17.0. The number of hydrogen-bond acceptors (Lipinski definition) is 3. The van der Waals surface area contributed by atoms with Crippen LogP contribution in [0.1, 0.15) is 5.56 Å². The number of aromatic nitrogens is 4. The Balaban J connectivity index is 1.13. The molecule has 0 aliphatic carbocycles. The van der Waals surface area contributed by atoms with Crippen LogP contribution < -0.4 is 0 Å². The van der Waals surface area contributed by atoms with Gasteiger partial charge in [0.1, 0.15) is 0 Å². The lowest BCUT2D eigenvalue weighted by Gasteiger charge is -2.20. The van der Waals surface area contributed by atoms with Gasteiger partial charge in [-0.3, -0.25) is 0 Å². The standard InChI is InChI=1S/C68H38N8/c1-70-51-33-43(42-69)32-49(34-51)46-27-30-65-58(37-46)59-38-47(50-35-52(71-2)40-53(36-50)72-3)28-31-66(59)76(65)67-39-48(68-73-60(44-16-6-4-7-17-44)41-61(74-68)45-18-8-5-9-19-45)26-29-57(67)56-22-12-15-25-64(56)75-62-23-13-10-20-54(62)55-21-11-14-24-63(55)75/h4-41H. The van der Waals surface area contributed by atoms with Crippen LogP contribution in [0.15, 0.2) is 231 Å². The predicted octanol–water partition coefficient (Wildman–Crippen LogP) is 18.2. The zero-order chi connectivity index (χ0) is 51.3. The van der Waals surface area contributed by atoms with E-state index in [0.717, 1.165) is 116 Å². The van der Waals surface area contributed by atoms with Crippen molar-refractivity contribution in [3.63, 3.8) is 0 Å². The molecule has 0 aliphatic rings. The molecule has 0 spiro atoms. The monoisotopic (exact) mass is 966 g/mol. The highest BCUT2D eigenvalue weighted by molar-refractivity contribution is 6.13. The SMILES string of the molecule is [C-]#[N+]c1cc(C#N)cc(-c2ccc3c(c2)c2cc(-c4cc([N+]#[C-])cc([N+]#[C-])c4)ccc2n3-c2cc(-c3nc(-c4ccccc4)cc(-c4ccccc4)n3)ccc2-c2ccccc2-n2c3ccccc3c3ccccc32)c1. The second-order valence-corrected chi connectivity index (χ2v) is 18.6. The number of nitrogens with zero attached hydrogens (tertiary/aromatic N) is 8. The summed E-state index contributed by atoms with van der Waals surface area (Å²) in [5.74, 6) is 0.567. The maximum atomic E-state index is 10.0. The molecule has 0 saturated carbocycles. The zero-order valence-corrected chi connectivity index (χ0v) is 40.5. The smallest absolute Gasteiger partial charge is 0.189 e. The van der Waals surface area contributed by atoms with E-state index in [1.165, 1.54) is 0 Å². The lowest BCUT2D eigenvalue weighted by atomic mass is 9.98. The number of benzene rings is 10. The quantitative estimate of drug-likeness (QED) is 0.142. The Morgan fingerprint density at radius 3 is 1.37 bits per heavy atom. The highest BCUT2D eigenvalue weighted by atomic mass is 15.0. The van der Waals surface area contributed by atoms with Crippen molar-refractivity contribution < 1.29 is 0 Å². The third-order valence-electron chi connectivity index (χ3n) is 14.1. The molecule has 8 heteroatoms. The van der Waals surface area contributed by atoms with E-state index < -0.39 is 0 Å². The molecule has 0 N–H and O–H groups in total. The summed E-state index contributed by atoms with van der Waals surface area (Å²) in [7, 11) is 0. The molecule has 3 aromatic heterocycles. The number of nitriles is 1. The van der Waals surface area contributed by atoms with Gasteiger partial charge in [-0.15, -0.1) is 0 Å². The Kier molecular flexibility index (Phi) is 10.9. The van der Waals surface area contributed by atoms with Crippen LogP contribution in [-0.4, -0.2) is 19.1 Å². The Morgan fingerprint density at radius 2 is 0.803 bits per heavy atom. The summed E-state index contributed by atoms with van der Waals surface area (Å²) < 4.78 is 4.68. The summed E-state index contributed by atoms with van der Waals surface area (Å²) >= 11 is 0. The minimum Gasteiger partial charge on any atom is -0.309 e. The van der Waals surface area contributed by atoms with Crippen LogP contribution in [0.25, 0.3) is 137 Å². The Labute approximate surface area is 438 Å². The van der Waals surface area contributed by atoms with Crippen LogP contribution in [0, 0.1) is 31.0 Å². The number of para-hydroxylation sites is 3. The van der Waals surface area contributed by atoms with Crippen molar-refractivity contribution in [2.24, 2.45) is 0 Å². The van der Waals surface area contributed by atoms with Gasteiger partial charge < -0.3 is 9.13 Å². The summed E-state index contributed by atoms with van der Waals surface area (Å²) in [6, 6.07) is 80.0. The first kappa shape index (κ1) is 44.8. The first-order chi connectivity index (χ1) is 37.5. The van der Waals surface area contributed by atoms with E-state index >= 15 is 0 Å². The molecule has 0 atom stereocenters. The Hall–Kier alpha value is -11.2. The average molecular weight is 967 g/mol. The molecule has 3 heterocycles. The van der Waals surface area contributed by atoms with Crippen molar-refractivity contribution in [1.82, 2.24) is 19.1 Å². The van der Waals surface area contributed by atoms with E-state index in [1.807, 2.05) is 60.7 Å². The largest absolute Gasteiger partial charge is 0.309 e. The van der Waals surface area contributed by atoms with Crippen molar-refractivity contribution in [2.75, 3.05) is 0 Å². The molecular formula is C68H38N8. The van der Waals surface area contributed by atoms with Gasteiger partial charge in [0.2, 0.25) is 0 Å². The number of rotatable bonds is 8. The van der Waals surface area contributed by atoms with Crippen molar-refractivity contribution in [1.29, 1.82) is 5.26 Å². The second kappa shape index (κ2) is 18.5. The normalized spacial score (nSPS) is 11.1. The molecule has 0 amide bonds. The zero-order valence-electron chi connectivity index (χ0n) is 40.5. The predicted molar refractivity (Wildman–Crippen MR) is 307 cm³/mol. The van der Waals surface area contributed by atoms with Crippen molar-refractivity contribution in [3.8, 4) is 84.7 Å². The number of fused-ring (bicyclic) bond motifs is 6.